The van der Waals surface area contributed by atoms with Crippen molar-refractivity contribution in [3.8, 4) is 0 Å². The first-order valence-electron chi connectivity index (χ1n) is 4.66. The Morgan fingerprint density at radius 3 is 2.00 bits per heavy atom. The maximum absolute atomic E-state index is 2.75. The quantitative estimate of drug-likeness (QED) is 0.652. The molecule has 0 amide bonds. The zero-order valence-electron chi connectivity index (χ0n) is 8.19. The molecule has 1 heterocycles. The first-order valence-corrected chi connectivity index (χ1v) is 4.66. The van der Waals surface area contributed by atoms with Crippen LogP contribution < -0.4 is 5.32 Å². The zero-order valence-corrected chi connectivity index (χ0v) is 8.19. The van der Waals surface area contributed by atoms with Crippen LogP contribution in [0.1, 0.15) is 26.2 Å². The molecule has 0 aromatic heterocycles. The summed E-state index contributed by atoms with van der Waals surface area (Å²) in [5.41, 5.74) is 0. The van der Waals surface area contributed by atoms with Crippen molar-refractivity contribution >= 4 is 0 Å². The van der Waals surface area contributed by atoms with Crippen LogP contribution in [0.5, 0.6) is 0 Å². The van der Waals surface area contributed by atoms with Crippen molar-refractivity contribution in [2.75, 3.05) is 33.7 Å². The van der Waals surface area contributed by atoms with Crippen molar-refractivity contribution in [1.82, 2.24) is 10.2 Å². The maximum atomic E-state index is 2.75. The van der Waals surface area contributed by atoms with Crippen molar-refractivity contribution in [1.29, 1.82) is 0 Å². The molecule has 0 radical (unpaired) electrons. The van der Waals surface area contributed by atoms with E-state index in [9.17, 15) is 0 Å². The van der Waals surface area contributed by atoms with Gasteiger partial charge in [0.25, 0.3) is 0 Å². The molecule has 2 heteroatoms. The third-order valence-corrected chi connectivity index (χ3v) is 1.74. The lowest BCUT2D eigenvalue weighted by Crippen LogP contribution is -2.19. The van der Waals surface area contributed by atoms with Crippen LogP contribution in [0.4, 0.5) is 0 Å². The fourth-order valence-corrected chi connectivity index (χ4v) is 1.32. The topological polar surface area (TPSA) is 15.3 Å². The molecule has 0 atom stereocenters. The standard InChI is InChI=1S/C7H15N.C2H7N/c1-2-5-8-6-3-4-7-8;1-3-2/h2-7H2,1H3;3H,1-2H3. The van der Waals surface area contributed by atoms with E-state index in [-0.39, 0.29) is 0 Å². The average Bonchev–Trinajstić information content (AvgIpc) is 2.42. The van der Waals surface area contributed by atoms with Crippen molar-refractivity contribution in [2.24, 2.45) is 0 Å². The number of likely N-dealkylation sites (tertiary alicyclic amines) is 1. The molecule has 0 saturated carbocycles. The number of hydrogen-bond acceptors (Lipinski definition) is 2. The van der Waals surface area contributed by atoms with Gasteiger partial charge in [-0.25, -0.2) is 0 Å². The van der Waals surface area contributed by atoms with Crippen molar-refractivity contribution in [3.05, 3.63) is 0 Å². The summed E-state index contributed by atoms with van der Waals surface area (Å²) in [7, 11) is 3.75. The highest BCUT2D eigenvalue weighted by atomic mass is 15.1. The highest BCUT2D eigenvalue weighted by molar-refractivity contribution is 4.64. The number of nitrogens with one attached hydrogen (secondary N) is 1. The first-order chi connectivity index (χ1) is 5.35. The van der Waals surface area contributed by atoms with Gasteiger partial charge in [-0.3, -0.25) is 0 Å². The molecule has 1 saturated heterocycles. The molecule has 0 aromatic carbocycles. The van der Waals surface area contributed by atoms with Crippen LogP contribution >= 0.6 is 0 Å². The lowest BCUT2D eigenvalue weighted by molar-refractivity contribution is 0.339. The fourth-order valence-electron chi connectivity index (χ4n) is 1.32. The predicted molar refractivity (Wildman–Crippen MR) is 50.9 cm³/mol. The Morgan fingerprint density at radius 2 is 1.64 bits per heavy atom. The Bertz CT molecular complexity index is 68.0. The van der Waals surface area contributed by atoms with Gasteiger partial charge in [-0.2, -0.15) is 0 Å². The van der Waals surface area contributed by atoms with E-state index in [4.69, 9.17) is 0 Å². The Labute approximate surface area is 71.0 Å². The molecule has 0 bridgehead atoms. The van der Waals surface area contributed by atoms with Gasteiger partial charge in [-0.05, 0) is 53.0 Å². The third kappa shape index (κ3) is 6.32. The molecular formula is C9H22N2. The summed E-state index contributed by atoms with van der Waals surface area (Å²) < 4.78 is 0. The minimum atomic E-state index is 1.32. The van der Waals surface area contributed by atoms with Gasteiger partial charge in [0.2, 0.25) is 0 Å². The molecule has 11 heavy (non-hydrogen) atoms. The van der Waals surface area contributed by atoms with Gasteiger partial charge < -0.3 is 10.2 Å². The van der Waals surface area contributed by atoms with Gasteiger partial charge in [0.05, 0.1) is 0 Å². The molecule has 1 N–H and O–H groups in total. The highest BCUT2D eigenvalue weighted by Gasteiger charge is 2.08. The summed E-state index contributed by atoms with van der Waals surface area (Å²) in [6.45, 7) is 6.28. The van der Waals surface area contributed by atoms with Crippen LogP contribution in [0.3, 0.4) is 0 Å². The van der Waals surface area contributed by atoms with Gasteiger partial charge in [0, 0.05) is 0 Å². The minimum Gasteiger partial charge on any atom is -0.323 e. The molecule has 0 unspecified atom stereocenters. The van der Waals surface area contributed by atoms with E-state index < -0.39 is 0 Å². The van der Waals surface area contributed by atoms with Crippen LogP contribution in [0.25, 0.3) is 0 Å². The second-order valence-corrected chi connectivity index (χ2v) is 3.05. The van der Waals surface area contributed by atoms with Gasteiger partial charge in [0.1, 0.15) is 0 Å². The molecule has 0 spiro atoms. The zero-order chi connectivity index (χ0) is 8.53. The molecule has 1 rings (SSSR count). The van der Waals surface area contributed by atoms with E-state index in [0.29, 0.717) is 0 Å². The van der Waals surface area contributed by atoms with E-state index in [1.165, 1.54) is 38.9 Å². The van der Waals surface area contributed by atoms with Crippen molar-refractivity contribution < 1.29 is 0 Å². The minimum absolute atomic E-state index is 1.32. The van der Waals surface area contributed by atoms with Crippen LogP contribution in [0.2, 0.25) is 0 Å². The lowest BCUT2D eigenvalue weighted by atomic mass is 10.4. The summed E-state index contributed by atoms with van der Waals surface area (Å²) in [6, 6.07) is 0. The van der Waals surface area contributed by atoms with E-state index in [0.717, 1.165) is 0 Å². The molecule has 0 aromatic rings. The lowest BCUT2D eigenvalue weighted by Gasteiger charge is -2.11. The van der Waals surface area contributed by atoms with Gasteiger partial charge in [-0.15, -0.1) is 0 Å². The molecule has 1 aliphatic heterocycles. The number of hydrogen-bond donors (Lipinski definition) is 1. The monoisotopic (exact) mass is 158 g/mol. The van der Waals surface area contributed by atoms with E-state index in [1.54, 1.807) is 0 Å². The summed E-state index contributed by atoms with van der Waals surface area (Å²) >= 11 is 0. The molecule has 1 aliphatic rings. The molecule has 0 aliphatic carbocycles. The summed E-state index contributed by atoms with van der Waals surface area (Å²) in [5, 5.41) is 2.75. The Kier molecular flexibility index (Phi) is 7.96. The molecular weight excluding hydrogens is 136 g/mol. The normalized spacial score (nSPS) is 17.7. The molecule has 2 nitrogen and oxygen atoms in total. The second-order valence-electron chi connectivity index (χ2n) is 3.05. The van der Waals surface area contributed by atoms with E-state index in [2.05, 4.69) is 17.1 Å². The maximum Gasteiger partial charge on any atom is -0.00183 e. The van der Waals surface area contributed by atoms with Crippen LogP contribution in [-0.2, 0) is 0 Å². The van der Waals surface area contributed by atoms with Gasteiger partial charge >= 0.3 is 0 Å². The largest absolute Gasteiger partial charge is 0.323 e. The van der Waals surface area contributed by atoms with Crippen LogP contribution in [0, 0.1) is 0 Å². The molecule has 1 fully saturated rings. The van der Waals surface area contributed by atoms with Gasteiger partial charge in [0.15, 0.2) is 0 Å². The number of rotatable bonds is 2. The highest BCUT2D eigenvalue weighted by Crippen LogP contribution is 2.06. The van der Waals surface area contributed by atoms with Crippen molar-refractivity contribution in [3.63, 3.8) is 0 Å². The summed E-state index contributed by atoms with van der Waals surface area (Å²) in [6.07, 6.45) is 4.18. The van der Waals surface area contributed by atoms with Crippen LogP contribution in [-0.4, -0.2) is 38.6 Å². The fraction of sp³-hybridized carbons (Fsp3) is 1.00. The van der Waals surface area contributed by atoms with E-state index in [1.807, 2.05) is 14.1 Å². The summed E-state index contributed by atoms with van der Waals surface area (Å²) in [5.74, 6) is 0. The molecule has 68 valence electrons. The number of nitrogens with zero attached hydrogens (tertiary/aromatic N) is 1. The second kappa shape index (κ2) is 8.02. The average molecular weight is 158 g/mol. The van der Waals surface area contributed by atoms with Crippen molar-refractivity contribution in [2.45, 2.75) is 26.2 Å². The van der Waals surface area contributed by atoms with Gasteiger partial charge in [-0.1, -0.05) is 6.92 Å². The van der Waals surface area contributed by atoms with E-state index >= 15 is 0 Å². The predicted octanol–water partition coefficient (Wildman–Crippen LogP) is 1.33. The van der Waals surface area contributed by atoms with Crippen LogP contribution in [0.15, 0.2) is 0 Å². The Hall–Kier alpha value is -0.0800. The third-order valence-electron chi connectivity index (χ3n) is 1.74. The first kappa shape index (κ1) is 10.9. The SMILES string of the molecule is CCCN1CCCC1.CNC. The Balaban J connectivity index is 0.000000292. The Morgan fingerprint density at radius 1 is 1.18 bits per heavy atom. The summed E-state index contributed by atoms with van der Waals surface area (Å²) in [4.78, 5) is 2.54. The smallest absolute Gasteiger partial charge is 0.00183 e.